The summed E-state index contributed by atoms with van der Waals surface area (Å²) >= 11 is 0. The molecule has 3 aromatic rings. The van der Waals surface area contributed by atoms with Gasteiger partial charge in [0, 0.05) is 41.7 Å². The molecule has 5 rings (SSSR count). The average molecular weight is 346 g/mol. The van der Waals surface area contributed by atoms with E-state index in [4.69, 9.17) is 9.47 Å². The minimum absolute atomic E-state index is 0.168. The number of carbonyl (C=O) groups excluding carboxylic acids is 1. The van der Waals surface area contributed by atoms with E-state index in [2.05, 4.69) is 10.3 Å². The summed E-state index contributed by atoms with van der Waals surface area (Å²) in [5.41, 5.74) is 2.09. The van der Waals surface area contributed by atoms with E-state index in [-0.39, 0.29) is 5.91 Å². The summed E-state index contributed by atoms with van der Waals surface area (Å²) in [6, 6.07) is 14.8. The molecule has 0 radical (unpaired) electrons. The molecule has 1 fully saturated rings. The zero-order valence-corrected chi connectivity index (χ0v) is 14.2. The maximum absolute atomic E-state index is 12.8. The van der Waals surface area contributed by atoms with Crippen LogP contribution in [0.3, 0.4) is 0 Å². The molecule has 0 unspecified atom stereocenters. The molecule has 1 aliphatic heterocycles. The van der Waals surface area contributed by atoms with E-state index in [1.54, 1.807) is 12.3 Å². The Morgan fingerprint density at radius 3 is 2.73 bits per heavy atom. The average Bonchev–Trinajstić information content (AvgIpc) is 3.26. The lowest BCUT2D eigenvalue weighted by molar-refractivity contribution is -0.0716. The van der Waals surface area contributed by atoms with Crippen LogP contribution in [0.5, 0.6) is 11.5 Å². The fourth-order valence-corrected chi connectivity index (χ4v) is 3.79. The Labute approximate surface area is 151 Å². The van der Waals surface area contributed by atoms with Crippen molar-refractivity contribution < 1.29 is 14.3 Å². The molecule has 1 saturated carbocycles. The predicted octanol–water partition coefficient (Wildman–Crippen LogP) is 4.53. The standard InChI is InChI=1S/C21H18N2O3/c24-20(16-5-3-7-17-15(16)6-4-12-22-17)23-14-8-9-18-19(13-14)26-21(25-18)10-1-2-11-21/h3-9,12-13H,1-2,10-11H2,(H,23,24). The third kappa shape index (κ3) is 2.47. The second kappa shape index (κ2) is 5.73. The zero-order valence-electron chi connectivity index (χ0n) is 14.2. The van der Waals surface area contributed by atoms with E-state index in [0.717, 1.165) is 42.3 Å². The SMILES string of the molecule is O=C(Nc1ccc2c(c1)OC1(CCCC1)O2)c1cccc2ncccc12. The minimum atomic E-state index is -0.494. The maximum Gasteiger partial charge on any atom is 0.256 e. The van der Waals surface area contributed by atoms with Crippen LogP contribution in [0.15, 0.2) is 54.7 Å². The Morgan fingerprint density at radius 1 is 1.00 bits per heavy atom. The van der Waals surface area contributed by atoms with Gasteiger partial charge in [-0.1, -0.05) is 12.1 Å². The van der Waals surface area contributed by atoms with Gasteiger partial charge in [-0.05, 0) is 43.2 Å². The number of amides is 1. The monoisotopic (exact) mass is 346 g/mol. The van der Waals surface area contributed by atoms with Crippen LogP contribution in [0.4, 0.5) is 5.69 Å². The van der Waals surface area contributed by atoms with Crippen LogP contribution >= 0.6 is 0 Å². The summed E-state index contributed by atoms with van der Waals surface area (Å²) < 4.78 is 12.1. The highest BCUT2D eigenvalue weighted by Gasteiger charge is 2.44. The Hall–Kier alpha value is -3.08. The molecule has 1 spiro atoms. The van der Waals surface area contributed by atoms with Crippen molar-refractivity contribution in [3.05, 3.63) is 60.3 Å². The van der Waals surface area contributed by atoms with Crippen LogP contribution in [-0.4, -0.2) is 16.7 Å². The molecular weight excluding hydrogens is 328 g/mol. The van der Waals surface area contributed by atoms with E-state index in [1.807, 2.05) is 42.5 Å². The van der Waals surface area contributed by atoms with E-state index in [9.17, 15) is 4.79 Å². The van der Waals surface area contributed by atoms with Crippen molar-refractivity contribution in [2.24, 2.45) is 0 Å². The van der Waals surface area contributed by atoms with Crippen molar-refractivity contribution in [1.29, 1.82) is 0 Å². The summed E-state index contributed by atoms with van der Waals surface area (Å²) in [5, 5.41) is 3.79. The van der Waals surface area contributed by atoms with Crippen LogP contribution in [0.1, 0.15) is 36.0 Å². The van der Waals surface area contributed by atoms with Crippen molar-refractivity contribution >= 4 is 22.5 Å². The molecule has 5 heteroatoms. The van der Waals surface area contributed by atoms with E-state index >= 15 is 0 Å². The van der Waals surface area contributed by atoms with Gasteiger partial charge in [-0.25, -0.2) is 0 Å². The summed E-state index contributed by atoms with van der Waals surface area (Å²) in [6.45, 7) is 0. The number of ether oxygens (including phenoxy) is 2. The van der Waals surface area contributed by atoms with E-state index in [0.29, 0.717) is 17.0 Å². The number of fused-ring (bicyclic) bond motifs is 2. The van der Waals surface area contributed by atoms with Gasteiger partial charge in [0.1, 0.15) is 0 Å². The van der Waals surface area contributed by atoms with Crippen molar-refractivity contribution in [3.8, 4) is 11.5 Å². The van der Waals surface area contributed by atoms with Gasteiger partial charge in [0.25, 0.3) is 11.7 Å². The molecule has 130 valence electrons. The smallest absolute Gasteiger partial charge is 0.256 e. The molecule has 0 bridgehead atoms. The molecular formula is C21H18N2O3. The predicted molar refractivity (Wildman–Crippen MR) is 98.6 cm³/mol. The summed E-state index contributed by atoms with van der Waals surface area (Å²) in [5.74, 6) is 0.785. The molecule has 1 aliphatic carbocycles. The van der Waals surface area contributed by atoms with Gasteiger partial charge in [0.05, 0.1) is 5.52 Å². The minimum Gasteiger partial charge on any atom is -0.448 e. The first kappa shape index (κ1) is 15.2. The Morgan fingerprint density at radius 2 is 1.85 bits per heavy atom. The van der Waals surface area contributed by atoms with Crippen LogP contribution in [-0.2, 0) is 0 Å². The highest BCUT2D eigenvalue weighted by molar-refractivity contribution is 6.12. The van der Waals surface area contributed by atoms with E-state index < -0.39 is 5.79 Å². The summed E-state index contributed by atoms with van der Waals surface area (Å²) in [4.78, 5) is 17.1. The molecule has 5 nitrogen and oxygen atoms in total. The normalized spacial score (nSPS) is 16.9. The number of pyridine rings is 1. The fourth-order valence-electron chi connectivity index (χ4n) is 3.79. The van der Waals surface area contributed by atoms with Crippen molar-refractivity contribution in [1.82, 2.24) is 4.98 Å². The lowest BCUT2D eigenvalue weighted by atomic mass is 10.1. The van der Waals surface area contributed by atoms with Crippen LogP contribution < -0.4 is 14.8 Å². The zero-order chi connectivity index (χ0) is 17.6. The molecule has 1 aromatic heterocycles. The Bertz CT molecular complexity index is 1000. The second-order valence-electron chi connectivity index (χ2n) is 6.81. The van der Waals surface area contributed by atoms with Gasteiger partial charge >= 0.3 is 0 Å². The van der Waals surface area contributed by atoms with Gasteiger partial charge < -0.3 is 14.8 Å². The molecule has 2 aliphatic rings. The van der Waals surface area contributed by atoms with Crippen LogP contribution in [0.2, 0.25) is 0 Å². The number of nitrogens with one attached hydrogen (secondary N) is 1. The van der Waals surface area contributed by atoms with Crippen LogP contribution in [0.25, 0.3) is 10.9 Å². The van der Waals surface area contributed by atoms with Gasteiger partial charge in [-0.15, -0.1) is 0 Å². The number of hydrogen-bond donors (Lipinski definition) is 1. The first-order valence-electron chi connectivity index (χ1n) is 8.90. The first-order valence-corrected chi connectivity index (χ1v) is 8.90. The highest BCUT2D eigenvalue weighted by atomic mass is 16.7. The molecule has 0 saturated heterocycles. The lowest BCUT2D eigenvalue weighted by Crippen LogP contribution is -2.34. The Kier molecular flexibility index (Phi) is 3.35. The van der Waals surface area contributed by atoms with Gasteiger partial charge in [-0.2, -0.15) is 0 Å². The molecule has 2 aromatic carbocycles. The lowest BCUT2D eigenvalue weighted by Gasteiger charge is -2.21. The number of benzene rings is 2. The van der Waals surface area contributed by atoms with E-state index in [1.165, 1.54) is 0 Å². The largest absolute Gasteiger partial charge is 0.448 e. The number of nitrogens with zero attached hydrogens (tertiary/aromatic N) is 1. The maximum atomic E-state index is 12.8. The number of carbonyl (C=O) groups is 1. The Balaban J connectivity index is 1.41. The van der Waals surface area contributed by atoms with Gasteiger partial charge in [0.15, 0.2) is 11.5 Å². The second-order valence-corrected chi connectivity index (χ2v) is 6.81. The summed E-state index contributed by atoms with van der Waals surface area (Å²) in [7, 11) is 0. The van der Waals surface area contributed by atoms with Gasteiger partial charge in [0.2, 0.25) is 0 Å². The molecule has 2 heterocycles. The van der Waals surface area contributed by atoms with Crippen molar-refractivity contribution in [3.63, 3.8) is 0 Å². The van der Waals surface area contributed by atoms with Crippen molar-refractivity contribution in [2.45, 2.75) is 31.5 Å². The third-order valence-electron chi connectivity index (χ3n) is 5.05. The van der Waals surface area contributed by atoms with Crippen LogP contribution in [0, 0.1) is 0 Å². The molecule has 1 N–H and O–H groups in total. The number of hydrogen-bond acceptors (Lipinski definition) is 4. The van der Waals surface area contributed by atoms with Gasteiger partial charge in [-0.3, -0.25) is 9.78 Å². The third-order valence-corrected chi connectivity index (χ3v) is 5.05. The molecule has 1 amide bonds. The topological polar surface area (TPSA) is 60.5 Å². The van der Waals surface area contributed by atoms with Crippen molar-refractivity contribution in [2.75, 3.05) is 5.32 Å². The quantitative estimate of drug-likeness (QED) is 0.741. The number of aromatic nitrogens is 1. The number of anilines is 1. The fraction of sp³-hybridized carbons (Fsp3) is 0.238. The summed E-state index contributed by atoms with van der Waals surface area (Å²) in [6.07, 6.45) is 5.78. The first-order chi connectivity index (χ1) is 12.7. The number of rotatable bonds is 2. The molecule has 26 heavy (non-hydrogen) atoms. The molecule has 0 atom stereocenters. The highest BCUT2D eigenvalue weighted by Crippen LogP contribution is 2.47.